The number of nitrogens with zero attached hydrogens (tertiary/aromatic N) is 2. The Morgan fingerprint density at radius 3 is 2.61 bits per heavy atom. The van der Waals surface area contributed by atoms with E-state index in [1.54, 1.807) is 6.07 Å². The van der Waals surface area contributed by atoms with Crippen LogP contribution in [0.3, 0.4) is 0 Å². The van der Waals surface area contributed by atoms with E-state index in [-0.39, 0.29) is 17.9 Å². The molecule has 0 bridgehead atoms. The van der Waals surface area contributed by atoms with Crippen molar-refractivity contribution in [3.8, 4) is 0 Å². The van der Waals surface area contributed by atoms with Gasteiger partial charge in [-0.2, -0.15) is 0 Å². The molecule has 0 fully saturated rings. The summed E-state index contributed by atoms with van der Waals surface area (Å²) >= 11 is 1.47. The lowest BCUT2D eigenvalue weighted by atomic mass is 10.0. The van der Waals surface area contributed by atoms with Crippen LogP contribution in [-0.4, -0.2) is 21.4 Å². The monoisotopic (exact) mass is 436 g/mol. The molecule has 1 aliphatic rings. The Morgan fingerprint density at radius 2 is 1.94 bits per heavy atom. The van der Waals surface area contributed by atoms with E-state index < -0.39 is 0 Å². The Bertz CT molecular complexity index is 1080. The third kappa shape index (κ3) is 4.42. The summed E-state index contributed by atoms with van der Waals surface area (Å²) in [5, 5.41) is 6.68. The summed E-state index contributed by atoms with van der Waals surface area (Å²) < 4.78 is 2.02. The third-order valence-corrected chi connectivity index (χ3v) is 6.88. The van der Waals surface area contributed by atoms with Gasteiger partial charge < -0.3 is 9.88 Å². The van der Waals surface area contributed by atoms with E-state index in [0.29, 0.717) is 16.4 Å². The summed E-state index contributed by atoms with van der Waals surface area (Å²) in [5.41, 5.74) is 4.07. The fourth-order valence-electron chi connectivity index (χ4n) is 4.09. The third-order valence-electron chi connectivity index (χ3n) is 5.90. The zero-order valence-electron chi connectivity index (χ0n) is 18.2. The number of hydrogen-bond acceptors (Lipinski definition) is 4. The Balaban J connectivity index is 1.60. The molecule has 2 aromatic heterocycles. The number of hydrogen-bond donors (Lipinski definition) is 2. The van der Waals surface area contributed by atoms with Gasteiger partial charge in [-0.1, -0.05) is 37.3 Å². The highest BCUT2D eigenvalue weighted by Crippen LogP contribution is 2.27. The van der Waals surface area contributed by atoms with Crippen LogP contribution in [-0.2, 0) is 13.0 Å². The van der Waals surface area contributed by atoms with E-state index >= 15 is 0 Å². The summed E-state index contributed by atoms with van der Waals surface area (Å²) in [7, 11) is 0. The molecule has 0 aliphatic carbocycles. The SMILES string of the molecule is CCC(NC(=O)c1cc(C(=O)Nc2nc(C)c(C)s2)c2n1CCCC2)c1ccccc1. The van der Waals surface area contributed by atoms with Gasteiger partial charge in [0.25, 0.3) is 11.8 Å². The zero-order chi connectivity index (χ0) is 22.0. The lowest BCUT2D eigenvalue weighted by molar-refractivity contribution is 0.0924. The van der Waals surface area contributed by atoms with Gasteiger partial charge in [0.15, 0.2) is 5.13 Å². The number of aromatic nitrogens is 2. The van der Waals surface area contributed by atoms with Crippen LogP contribution >= 0.6 is 11.3 Å². The molecule has 0 radical (unpaired) electrons. The first-order valence-corrected chi connectivity index (χ1v) is 11.6. The Morgan fingerprint density at radius 1 is 1.16 bits per heavy atom. The van der Waals surface area contributed by atoms with Crippen LogP contribution in [0.1, 0.15) is 74.9 Å². The number of rotatable bonds is 6. The van der Waals surface area contributed by atoms with Crippen LogP contribution in [0.2, 0.25) is 0 Å². The molecule has 7 heteroatoms. The standard InChI is InChI=1S/C24H28N4O2S/c1-4-19(17-10-6-5-7-11-17)26-23(30)21-14-18(20-12-8-9-13-28(20)21)22(29)27-24-25-15(2)16(3)31-24/h5-7,10-11,14,19H,4,8-9,12-13H2,1-3H3,(H,26,30)(H,25,27,29). The van der Waals surface area contributed by atoms with E-state index in [2.05, 4.69) is 22.5 Å². The molecular formula is C24H28N4O2S. The largest absolute Gasteiger partial charge is 0.344 e. The van der Waals surface area contributed by atoms with Gasteiger partial charge in [-0.05, 0) is 51.2 Å². The average molecular weight is 437 g/mol. The fraction of sp³-hybridized carbons (Fsp3) is 0.375. The van der Waals surface area contributed by atoms with Crippen molar-refractivity contribution in [2.24, 2.45) is 0 Å². The summed E-state index contributed by atoms with van der Waals surface area (Å²) in [4.78, 5) is 31.8. The second-order valence-electron chi connectivity index (χ2n) is 7.96. The van der Waals surface area contributed by atoms with Crippen LogP contribution in [0.25, 0.3) is 0 Å². The number of aryl methyl sites for hydroxylation is 2. The van der Waals surface area contributed by atoms with E-state index in [4.69, 9.17) is 0 Å². The highest BCUT2D eigenvalue weighted by Gasteiger charge is 2.27. The number of carbonyl (C=O) groups excluding carboxylic acids is 2. The van der Waals surface area contributed by atoms with Crippen molar-refractivity contribution >= 4 is 28.3 Å². The molecule has 6 nitrogen and oxygen atoms in total. The van der Waals surface area contributed by atoms with Crippen LogP contribution in [0.4, 0.5) is 5.13 Å². The van der Waals surface area contributed by atoms with Crippen molar-refractivity contribution in [2.45, 2.75) is 59.0 Å². The molecule has 2 N–H and O–H groups in total. The zero-order valence-corrected chi connectivity index (χ0v) is 19.0. The molecule has 1 unspecified atom stereocenters. The van der Waals surface area contributed by atoms with Gasteiger partial charge in [0.05, 0.1) is 17.3 Å². The van der Waals surface area contributed by atoms with E-state index in [9.17, 15) is 9.59 Å². The molecule has 1 aliphatic heterocycles. The maximum atomic E-state index is 13.2. The minimum Gasteiger partial charge on any atom is -0.344 e. The molecule has 0 spiro atoms. The van der Waals surface area contributed by atoms with Crippen LogP contribution in [0.15, 0.2) is 36.4 Å². The van der Waals surface area contributed by atoms with Crippen molar-refractivity contribution in [1.29, 1.82) is 0 Å². The second-order valence-corrected chi connectivity index (χ2v) is 9.16. The Kier molecular flexibility index (Phi) is 6.23. The first-order valence-electron chi connectivity index (χ1n) is 10.8. The van der Waals surface area contributed by atoms with Crippen molar-refractivity contribution in [3.05, 3.63) is 69.5 Å². The molecule has 31 heavy (non-hydrogen) atoms. The molecule has 3 aromatic rings. The summed E-state index contributed by atoms with van der Waals surface area (Å²) in [5.74, 6) is -0.340. The number of benzene rings is 1. The molecule has 0 saturated heterocycles. The first-order chi connectivity index (χ1) is 15.0. The number of anilines is 1. The van der Waals surface area contributed by atoms with Crippen molar-refractivity contribution < 1.29 is 9.59 Å². The van der Waals surface area contributed by atoms with Crippen molar-refractivity contribution in [3.63, 3.8) is 0 Å². The molecular weight excluding hydrogens is 408 g/mol. The lowest BCUT2D eigenvalue weighted by Crippen LogP contribution is -2.30. The topological polar surface area (TPSA) is 76.0 Å². The average Bonchev–Trinajstić information content (AvgIpc) is 3.32. The number of fused-ring (bicyclic) bond motifs is 1. The van der Waals surface area contributed by atoms with E-state index in [0.717, 1.165) is 54.1 Å². The predicted octanol–water partition coefficient (Wildman–Crippen LogP) is 5.03. The fourth-order valence-corrected chi connectivity index (χ4v) is 4.90. The highest BCUT2D eigenvalue weighted by molar-refractivity contribution is 7.15. The Hall–Kier alpha value is -2.93. The van der Waals surface area contributed by atoms with Gasteiger partial charge in [0.1, 0.15) is 5.69 Å². The van der Waals surface area contributed by atoms with E-state index in [1.165, 1.54) is 11.3 Å². The molecule has 1 atom stereocenters. The minimum absolute atomic E-state index is 0.0676. The summed E-state index contributed by atoms with van der Waals surface area (Å²) in [6.07, 6.45) is 3.60. The van der Waals surface area contributed by atoms with Gasteiger partial charge in [0, 0.05) is 17.1 Å². The molecule has 162 valence electrons. The van der Waals surface area contributed by atoms with Crippen LogP contribution < -0.4 is 10.6 Å². The first kappa shape index (κ1) is 21.3. The minimum atomic E-state index is -0.200. The van der Waals surface area contributed by atoms with Crippen LogP contribution in [0, 0.1) is 13.8 Å². The maximum Gasteiger partial charge on any atom is 0.268 e. The smallest absolute Gasteiger partial charge is 0.268 e. The van der Waals surface area contributed by atoms with Gasteiger partial charge in [-0.3, -0.25) is 14.9 Å². The van der Waals surface area contributed by atoms with Crippen molar-refractivity contribution in [2.75, 3.05) is 5.32 Å². The predicted molar refractivity (Wildman–Crippen MR) is 124 cm³/mol. The normalized spacial score (nSPS) is 14.0. The van der Waals surface area contributed by atoms with E-state index in [1.807, 2.05) is 48.7 Å². The van der Waals surface area contributed by atoms with Crippen LogP contribution in [0.5, 0.6) is 0 Å². The summed E-state index contributed by atoms with van der Waals surface area (Å²) in [6, 6.07) is 11.7. The number of carbonyl (C=O) groups is 2. The molecule has 3 heterocycles. The second kappa shape index (κ2) is 9.06. The van der Waals surface area contributed by atoms with Crippen molar-refractivity contribution in [1.82, 2.24) is 14.9 Å². The molecule has 1 aromatic carbocycles. The Labute approximate surface area is 186 Å². The van der Waals surface area contributed by atoms with Gasteiger partial charge in [-0.25, -0.2) is 4.98 Å². The van der Waals surface area contributed by atoms with Gasteiger partial charge >= 0.3 is 0 Å². The molecule has 4 rings (SSSR count). The number of amides is 2. The quantitative estimate of drug-likeness (QED) is 0.569. The van der Waals surface area contributed by atoms with Gasteiger partial charge in [0.2, 0.25) is 0 Å². The number of thiazole rings is 1. The highest BCUT2D eigenvalue weighted by atomic mass is 32.1. The lowest BCUT2D eigenvalue weighted by Gasteiger charge is -2.21. The molecule has 0 saturated carbocycles. The number of nitrogens with one attached hydrogen (secondary N) is 2. The summed E-state index contributed by atoms with van der Waals surface area (Å²) in [6.45, 7) is 6.73. The molecule has 2 amide bonds. The maximum absolute atomic E-state index is 13.2. The van der Waals surface area contributed by atoms with Gasteiger partial charge in [-0.15, -0.1) is 11.3 Å².